The average molecular weight is 346 g/mol. The molecule has 0 radical (unpaired) electrons. The number of aromatic nitrogens is 3. The molecule has 1 aromatic carbocycles. The van der Waals surface area contributed by atoms with Gasteiger partial charge < -0.3 is 9.88 Å². The number of aromatic amines is 1. The first-order valence-electron chi connectivity index (χ1n) is 9.15. The van der Waals surface area contributed by atoms with Crippen LogP contribution in [0.3, 0.4) is 0 Å². The van der Waals surface area contributed by atoms with E-state index in [9.17, 15) is 4.79 Å². The van der Waals surface area contributed by atoms with Crippen LogP contribution in [0.4, 0.5) is 5.82 Å². The van der Waals surface area contributed by atoms with Crippen molar-refractivity contribution in [2.75, 3.05) is 18.0 Å². The Bertz CT molecular complexity index is 922. The van der Waals surface area contributed by atoms with Gasteiger partial charge in [-0.2, -0.15) is 0 Å². The fraction of sp³-hybridized carbons (Fsp3) is 0.286. The average Bonchev–Trinajstić information content (AvgIpc) is 2.70. The van der Waals surface area contributed by atoms with Crippen molar-refractivity contribution in [3.05, 3.63) is 76.2 Å². The Morgan fingerprint density at radius 3 is 2.73 bits per heavy atom. The lowest BCUT2D eigenvalue weighted by molar-refractivity contribution is 0.648. The lowest BCUT2D eigenvalue weighted by atomic mass is 10.1. The summed E-state index contributed by atoms with van der Waals surface area (Å²) in [6.45, 7) is 1.85. The molecule has 3 heterocycles. The Labute approximate surface area is 152 Å². The van der Waals surface area contributed by atoms with Gasteiger partial charge in [-0.05, 0) is 43.4 Å². The predicted molar refractivity (Wildman–Crippen MR) is 103 cm³/mol. The summed E-state index contributed by atoms with van der Waals surface area (Å²) in [5.74, 6) is 1.37. The van der Waals surface area contributed by atoms with E-state index >= 15 is 0 Å². The molecule has 1 N–H and O–H groups in total. The normalized spacial score (nSPS) is 13.5. The molecule has 1 aliphatic heterocycles. The minimum Gasteiger partial charge on any atom is -0.356 e. The molecule has 0 bridgehead atoms. The van der Waals surface area contributed by atoms with Gasteiger partial charge in [0.15, 0.2) is 5.82 Å². The number of pyridine rings is 1. The molecule has 3 aromatic rings. The first kappa shape index (κ1) is 16.5. The van der Waals surface area contributed by atoms with Gasteiger partial charge in [-0.15, -0.1) is 0 Å². The topological polar surface area (TPSA) is 61.9 Å². The highest BCUT2D eigenvalue weighted by molar-refractivity contribution is 5.56. The van der Waals surface area contributed by atoms with Gasteiger partial charge in [0.1, 0.15) is 11.5 Å². The molecule has 0 amide bonds. The third kappa shape index (κ3) is 3.52. The van der Waals surface area contributed by atoms with Crippen LogP contribution in [0.2, 0.25) is 0 Å². The minimum atomic E-state index is -0.0385. The van der Waals surface area contributed by atoms with Gasteiger partial charge in [-0.1, -0.05) is 36.4 Å². The van der Waals surface area contributed by atoms with Crippen molar-refractivity contribution in [3.8, 4) is 11.5 Å². The SMILES string of the molecule is O=c1[nH]c(-c2ccccn2)nc2c1CCCN2CCCc1ccccc1. The van der Waals surface area contributed by atoms with E-state index in [1.165, 1.54) is 5.56 Å². The number of rotatable bonds is 5. The number of aryl methyl sites for hydroxylation is 1. The Morgan fingerprint density at radius 2 is 1.92 bits per heavy atom. The highest BCUT2D eigenvalue weighted by atomic mass is 16.1. The van der Waals surface area contributed by atoms with Crippen LogP contribution in [0, 0.1) is 0 Å². The second kappa shape index (κ2) is 7.52. The van der Waals surface area contributed by atoms with Gasteiger partial charge in [0.05, 0.1) is 5.56 Å². The molecule has 0 aliphatic carbocycles. The van der Waals surface area contributed by atoms with Gasteiger partial charge in [0.2, 0.25) is 0 Å². The van der Waals surface area contributed by atoms with E-state index in [2.05, 4.69) is 39.1 Å². The quantitative estimate of drug-likeness (QED) is 0.770. The van der Waals surface area contributed by atoms with Gasteiger partial charge in [-0.25, -0.2) is 4.98 Å². The van der Waals surface area contributed by atoms with E-state index in [-0.39, 0.29) is 5.56 Å². The second-order valence-electron chi connectivity index (χ2n) is 6.61. The monoisotopic (exact) mass is 346 g/mol. The minimum absolute atomic E-state index is 0.0385. The number of hydrogen-bond donors (Lipinski definition) is 1. The fourth-order valence-corrected chi connectivity index (χ4v) is 3.49. The van der Waals surface area contributed by atoms with Crippen molar-refractivity contribution in [1.29, 1.82) is 0 Å². The zero-order valence-corrected chi connectivity index (χ0v) is 14.7. The van der Waals surface area contributed by atoms with Gasteiger partial charge in [0.25, 0.3) is 5.56 Å². The molecule has 0 fully saturated rings. The van der Waals surface area contributed by atoms with Crippen molar-refractivity contribution in [3.63, 3.8) is 0 Å². The largest absolute Gasteiger partial charge is 0.356 e. The molecule has 2 aromatic heterocycles. The Kier molecular flexibility index (Phi) is 4.78. The predicted octanol–water partition coefficient (Wildman–Crippen LogP) is 3.22. The summed E-state index contributed by atoms with van der Waals surface area (Å²) < 4.78 is 0. The molecule has 0 saturated heterocycles. The summed E-state index contributed by atoms with van der Waals surface area (Å²) in [5, 5.41) is 0. The van der Waals surface area contributed by atoms with Crippen LogP contribution in [0.5, 0.6) is 0 Å². The smallest absolute Gasteiger partial charge is 0.256 e. The van der Waals surface area contributed by atoms with Crippen molar-refractivity contribution in [1.82, 2.24) is 15.0 Å². The van der Waals surface area contributed by atoms with E-state index in [1.807, 2.05) is 24.3 Å². The standard InChI is InChI=1S/C21H22N4O/c26-21-17-11-7-15-25(14-6-10-16-8-2-1-3-9-16)20(17)23-19(24-21)18-12-4-5-13-22-18/h1-5,8-9,12-13H,6-7,10-11,14-15H2,(H,23,24,26). The number of nitrogens with one attached hydrogen (secondary N) is 1. The Morgan fingerprint density at radius 1 is 1.08 bits per heavy atom. The first-order valence-corrected chi connectivity index (χ1v) is 9.15. The number of anilines is 1. The van der Waals surface area contributed by atoms with Crippen LogP contribution < -0.4 is 10.5 Å². The Hall–Kier alpha value is -2.95. The molecule has 0 atom stereocenters. The van der Waals surface area contributed by atoms with E-state index < -0.39 is 0 Å². The van der Waals surface area contributed by atoms with Crippen molar-refractivity contribution >= 4 is 5.82 Å². The number of fused-ring (bicyclic) bond motifs is 1. The zero-order chi connectivity index (χ0) is 17.8. The number of hydrogen-bond acceptors (Lipinski definition) is 4. The van der Waals surface area contributed by atoms with Crippen LogP contribution in [-0.4, -0.2) is 28.0 Å². The van der Waals surface area contributed by atoms with Gasteiger partial charge in [-0.3, -0.25) is 9.78 Å². The lowest BCUT2D eigenvalue weighted by Crippen LogP contribution is -2.35. The maximum Gasteiger partial charge on any atom is 0.256 e. The summed E-state index contributed by atoms with van der Waals surface area (Å²) in [5.41, 5.74) is 2.80. The molecule has 132 valence electrons. The Balaban J connectivity index is 1.56. The third-order valence-corrected chi connectivity index (χ3v) is 4.79. The zero-order valence-electron chi connectivity index (χ0n) is 14.7. The number of nitrogens with zero attached hydrogens (tertiary/aromatic N) is 3. The molecule has 26 heavy (non-hydrogen) atoms. The summed E-state index contributed by atoms with van der Waals surface area (Å²) in [6.07, 6.45) is 5.56. The number of H-pyrrole nitrogens is 1. The second-order valence-corrected chi connectivity index (χ2v) is 6.61. The summed E-state index contributed by atoms with van der Waals surface area (Å²) in [7, 11) is 0. The van der Waals surface area contributed by atoms with E-state index in [4.69, 9.17) is 4.98 Å². The lowest BCUT2D eigenvalue weighted by Gasteiger charge is -2.29. The van der Waals surface area contributed by atoms with Crippen LogP contribution >= 0.6 is 0 Å². The summed E-state index contributed by atoms with van der Waals surface area (Å²) in [4.78, 5) is 26.8. The highest BCUT2D eigenvalue weighted by Crippen LogP contribution is 2.24. The molecular weight excluding hydrogens is 324 g/mol. The highest BCUT2D eigenvalue weighted by Gasteiger charge is 2.22. The molecule has 0 unspecified atom stereocenters. The maximum atomic E-state index is 12.5. The molecule has 5 nitrogen and oxygen atoms in total. The number of benzene rings is 1. The fourth-order valence-electron chi connectivity index (χ4n) is 3.49. The van der Waals surface area contributed by atoms with E-state index in [0.29, 0.717) is 11.5 Å². The van der Waals surface area contributed by atoms with Crippen LogP contribution in [0.1, 0.15) is 24.0 Å². The van der Waals surface area contributed by atoms with Crippen LogP contribution in [-0.2, 0) is 12.8 Å². The molecule has 0 saturated carbocycles. The molecular formula is C21H22N4O. The summed E-state index contributed by atoms with van der Waals surface area (Å²) in [6, 6.07) is 16.1. The molecule has 1 aliphatic rings. The van der Waals surface area contributed by atoms with E-state index in [1.54, 1.807) is 6.20 Å². The maximum absolute atomic E-state index is 12.5. The molecule has 4 rings (SSSR count). The van der Waals surface area contributed by atoms with Gasteiger partial charge >= 0.3 is 0 Å². The van der Waals surface area contributed by atoms with Crippen molar-refractivity contribution in [2.24, 2.45) is 0 Å². The summed E-state index contributed by atoms with van der Waals surface area (Å²) >= 11 is 0. The van der Waals surface area contributed by atoms with Gasteiger partial charge in [0, 0.05) is 19.3 Å². The van der Waals surface area contributed by atoms with E-state index in [0.717, 1.165) is 50.2 Å². The van der Waals surface area contributed by atoms with Crippen molar-refractivity contribution in [2.45, 2.75) is 25.7 Å². The first-order chi connectivity index (χ1) is 12.8. The molecule has 0 spiro atoms. The molecule has 5 heteroatoms. The van der Waals surface area contributed by atoms with Crippen molar-refractivity contribution < 1.29 is 0 Å². The third-order valence-electron chi connectivity index (χ3n) is 4.79. The van der Waals surface area contributed by atoms with Crippen LogP contribution in [0.15, 0.2) is 59.5 Å². The van der Waals surface area contributed by atoms with Crippen LogP contribution in [0.25, 0.3) is 11.5 Å².